The van der Waals surface area contributed by atoms with Crippen LogP contribution in [0.2, 0.25) is 0 Å². The third-order valence-corrected chi connectivity index (χ3v) is 5.88. The third kappa shape index (κ3) is 23.9. The van der Waals surface area contributed by atoms with Crippen molar-refractivity contribution in [1.82, 2.24) is 4.90 Å². The van der Waals surface area contributed by atoms with Crippen molar-refractivity contribution in [2.24, 2.45) is 0 Å². The summed E-state index contributed by atoms with van der Waals surface area (Å²) in [4.78, 5) is 2.23. The summed E-state index contributed by atoms with van der Waals surface area (Å²) in [6.07, 6.45) is 28.8. The van der Waals surface area contributed by atoms with Crippen LogP contribution in [0, 0.1) is 0 Å². The average molecular weight is 384 g/mol. The minimum absolute atomic E-state index is 0.287. The molecule has 0 aliphatic heterocycles. The molecule has 2 nitrogen and oxygen atoms in total. The van der Waals surface area contributed by atoms with E-state index in [-0.39, 0.29) is 6.61 Å². The van der Waals surface area contributed by atoms with Crippen LogP contribution in [0.15, 0.2) is 0 Å². The fraction of sp³-hybridized carbons (Fsp3) is 1.00. The third-order valence-electron chi connectivity index (χ3n) is 5.88. The standard InChI is InChI=1S/C25H53NO/c1-3-4-5-6-7-8-9-10-11-12-13-14-15-16-17-18-19-20-21-22-23-26(2)24-25-27/h27H,3-25H2,1-2H3. The molecular weight excluding hydrogens is 330 g/mol. The highest BCUT2D eigenvalue weighted by atomic mass is 16.3. The number of likely N-dealkylation sites (N-methyl/N-ethyl adjacent to an activating group) is 1. The summed E-state index contributed by atoms with van der Waals surface area (Å²) < 4.78 is 0. The van der Waals surface area contributed by atoms with Crippen LogP contribution in [0.4, 0.5) is 0 Å². The van der Waals surface area contributed by atoms with E-state index >= 15 is 0 Å². The first-order chi connectivity index (χ1) is 13.3. The second kappa shape index (κ2) is 24.0. The first-order valence-corrected chi connectivity index (χ1v) is 12.6. The molecule has 0 saturated heterocycles. The lowest BCUT2D eigenvalue weighted by atomic mass is 10.0. The fourth-order valence-corrected chi connectivity index (χ4v) is 3.92. The summed E-state index contributed by atoms with van der Waals surface area (Å²) in [5, 5.41) is 8.86. The maximum Gasteiger partial charge on any atom is 0.0558 e. The number of hydrogen-bond acceptors (Lipinski definition) is 2. The van der Waals surface area contributed by atoms with Crippen LogP contribution in [0.5, 0.6) is 0 Å². The smallest absolute Gasteiger partial charge is 0.0558 e. The van der Waals surface area contributed by atoms with E-state index in [9.17, 15) is 0 Å². The normalized spacial score (nSPS) is 11.6. The molecule has 2 heteroatoms. The maximum atomic E-state index is 8.86. The average Bonchev–Trinajstić information content (AvgIpc) is 2.66. The highest BCUT2D eigenvalue weighted by molar-refractivity contribution is 4.53. The van der Waals surface area contributed by atoms with Crippen LogP contribution in [0.25, 0.3) is 0 Å². The Morgan fingerprint density at radius 2 is 0.741 bits per heavy atom. The zero-order chi connectivity index (χ0) is 19.8. The van der Waals surface area contributed by atoms with Crippen molar-refractivity contribution in [3.05, 3.63) is 0 Å². The van der Waals surface area contributed by atoms with E-state index in [2.05, 4.69) is 18.9 Å². The number of rotatable bonds is 23. The zero-order valence-corrected chi connectivity index (χ0v) is 19.2. The predicted molar refractivity (Wildman–Crippen MR) is 123 cm³/mol. The first-order valence-electron chi connectivity index (χ1n) is 12.6. The molecule has 0 aromatic heterocycles. The first kappa shape index (κ1) is 26.9. The quantitative estimate of drug-likeness (QED) is 0.182. The topological polar surface area (TPSA) is 23.5 Å². The molecule has 0 aliphatic rings. The Labute approximate surface area is 172 Å². The number of aliphatic hydroxyl groups is 1. The van der Waals surface area contributed by atoms with Gasteiger partial charge in [-0.1, -0.05) is 129 Å². The molecule has 1 N–H and O–H groups in total. The van der Waals surface area contributed by atoms with Crippen LogP contribution in [0.1, 0.15) is 135 Å². The number of nitrogens with zero attached hydrogens (tertiary/aromatic N) is 1. The molecule has 0 saturated carbocycles. The molecule has 0 bridgehead atoms. The van der Waals surface area contributed by atoms with Crippen molar-refractivity contribution in [1.29, 1.82) is 0 Å². The van der Waals surface area contributed by atoms with Crippen molar-refractivity contribution in [2.75, 3.05) is 26.7 Å². The van der Waals surface area contributed by atoms with Crippen molar-refractivity contribution >= 4 is 0 Å². The largest absolute Gasteiger partial charge is 0.395 e. The Hall–Kier alpha value is -0.0800. The van der Waals surface area contributed by atoms with Gasteiger partial charge in [0.15, 0.2) is 0 Å². The van der Waals surface area contributed by atoms with E-state index < -0.39 is 0 Å². The van der Waals surface area contributed by atoms with Crippen LogP contribution in [0.3, 0.4) is 0 Å². The molecule has 0 heterocycles. The lowest BCUT2D eigenvalue weighted by Crippen LogP contribution is -2.23. The summed E-state index contributed by atoms with van der Waals surface area (Å²) in [5.41, 5.74) is 0. The Morgan fingerprint density at radius 3 is 1.04 bits per heavy atom. The molecule has 0 fully saturated rings. The van der Waals surface area contributed by atoms with Gasteiger partial charge in [0.05, 0.1) is 6.61 Å². The van der Waals surface area contributed by atoms with Gasteiger partial charge in [-0.2, -0.15) is 0 Å². The molecular formula is C25H53NO. The fourth-order valence-electron chi connectivity index (χ4n) is 3.92. The van der Waals surface area contributed by atoms with Crippen molar-refractivity contribution < 1.29 is 5.11 Å². The second-order valence-electron chi connectivity index (χ2n) is 8.74. The molecule has 0 atom stereocenters. The highest BCUT2D eigenvalue weighted by Gasteiger charge is 1.97. The maximum absolute atomic E-state index is 8.86. The molecule has 0 rings (SSSR count). The SMILES string of the molecule is CCCCCCCCCCCCCCCCCCCCCCN(C)CCO. The molecule has 0 aliphatic carbocycles. The summed E-state index contributed by atoms with van der Waals surface area (Å²) in [5.74, 6) is 0. The van der Waals surface area contributed by atoms with E-state index in [4.69, 9.17) is 5.11 Å². The molecule has 27 heavy (non-hydrogen) atoms. The lowest BCUT2D eigenvalue weighted by molar-refractivity contribution is 0.219. The van der Waals surface area contributed by atoms with Gasteiger partial charge in [-0.05, 0) is 20.0 Å². The highest BCUT2D eigenvalue weighted by Crippen LogP contribution is 2.14. The van der Waals surface area contributed by atoms with Crippen LogP contribution in [-0.2, 0) is 0 Å². The van der Waals surface area contributed by atoms with Gasteiger partial charge in [0.2, 0.25) is 0 Å². The Balaban J connectivity index is 3.01. The van der Waals surface area contributed by atoms with E-state index in [1.807, 2.05) is 0 Å². The van der Waals surface area contributed by atoms with E-state index in [0.717, 1.165) is 13.1 Å². The van der Waals surface area contributed by atoms with Gasteiger partial charge >= 0.3 is 0 Å². The summed E-state index contributed by atoms with van der Waals surface area (Å²) in [6.45, 7) is 4.54. The summed E-state index contributed by atoms with van der Waals surface area (Å²) in [6, 6.07) is 0. The monoisotopic (exact) mass is 383 g/mol. The molecule has 0 spiro atoms. The van der Waals surface area contributed by atoms with Gasteiger partial charge in [0, 0.05) is 6.54 Å². The Bertz CT molecular complexity index is 257. The lowest BCUT2D eigenvalue weighted by Gasteiger charge is -2.14. The van der Waals surface area contributed by atoms with Crippen molar-refractivity contribution in [3.63, 3.8) is 0 Å². The second-order valence-corrected chi connectivity index (χ2v) is 8.74. The van der Waals surface area contributed by atoms with Gasteiger partial charge in [-0.3, -0.25) is 0 Å². The van der Waals surface area contributed by atoms with Gasteiger partial charge in [0.1, 0.15) is 0 Å². The molecule has 0 aromatic carbocycles. The van der Waals surface area contributed by atoms with Crippen LogP contribution < -0.4 is 0 Å². The van der Waals surface area contributed by atoms with E-state index in [1.165, 1.54) is 128 Å². The van der Waals surface area contributed by atoms with Gasteiger partial charge < -0.3 is 10.0 Å². The minimum Gasteiger partial charge on any atom is -0.395 e. The van der Waals surface area contributed by atoms with E-state index in [1.54, 1.807) is 0 Å². The van der Waals surface area contributed by atoms with Crippen LogP contribution in [-0.4, -0.2) is 36.8 Å². The van der Waals surface area contributed by atoms with Crippen molar-refractivity contribution in [2.45, 2.75) is 135 Å². The van der Waals surface area contributed by atoms with E-state index in [0.29, 0.717) is 0 Å². The van der Waals surface area contributed by atoms with Gasteiger partial charge in [-0.15, -0.1) is 0 Å². The number of hydrogen-bond donors (Lipinski definition) is 1. The summed E-state index contributed by atoms with van der Waals surface area (Å²) in [7, 11) is 2.10. The molecule has 0 aromatic rings. The van der Waals surface area contributed by atoms with Crippen LogP contribution >= 0.6 is 0 Å². The predicted octanol–water partition coefficient (Wildman–Crippen LogP) is 7.73. The van der Waals surface area contributed by atoms with Crippen molar-refractivity contribution in [3.8, 4) is 0 Å². The molecule has 0 amide bonds. The molecule has 164 valence electrons. The summed E-state index contributed by atoms with van der Waals surface area (Å²) >= 11 is 0. The molecule has 0 radical (unpaired) electrons. The van der Waals surface area contributed by atoms with Gasteiger partial charge in [0.25, 0.3) is 0 Å². The molecule has 0 unspecified atom stereocenters. The zero-order valence-electron chi connectivity index (χ0n) is 19.2. The Kier molecular flexibility index (Phi) is 23.9. The number of aliphatic hydroxyl groups excluding tert-OH is 1. The number of unbranched alkanes of at least 4 members (excludes halogenated alkanes) is 19. The van der Waals surface area contributed by atoms with Gasteiger partial charge in [-0.25, -0.2) is 0 Å². The Morgan fingerprint density at radius 1 is 0.444 bits per heavy atom. The minimum atomic E-state index is 0.287.